The number of nitrogens with zero attached hydrogens (tertiary/aromatic N) is 1. The third-order valence-electron chi connectivity index (χ3n) is 1.95. The van der Waals surface area contributed by atoms with Gasteiger partial charge in [-0.1, -0.05) is 28.9 Å². The summed E-state index contributed by atoms with van der Waals surface area (Å²) in [4.78, 5) is 0. The molecule has 0 aliphatic rings. The summed E-state index contributed by atoms with van der Waals surface area (Å²) in [6.45, 7) is 0.408. The highest BCUT2D eigenvalue weighted by atomic mass is 35.5. The lowest BCUT2D eigenvalue weighted by Crippen LogP contribution is -1.95. The second-order valence-electron chi connectivity index (χ2n) is 2.89. The molecule has 0 fully saturated rings. The van der Waals surface area contributed by atoms with Crippen molar-refractivity contribution in [3.8, 4) is 11.3 Å². The molecule has 1 heterocycles. The fourth-order valence-corrected chi connectivity index (χ4v) is 1.46. The zero-order chi connectivity index (χ0) is 9.97. The maximum absolute atomic E-state index is 5.86. The normalized spacial score (nSPS) is 10.4. The molecule has 3 nitrogen and oxygen atoms in total. The van der Waals surface area contributed by atoms with Gasteiger partial charge in [-0.3, -0.25) is 0 Å². The summed E-state index contributed by atoms with van der Waals surface area (Å²) in [7, 11) is 0. The zero-order valence-electron chi connectivity index (χ0n) is 7.40. The molecule has 0 spiro atoms. The minimum absolute atomic E-state index is 0.408. The van der Waals surface area contributed by atoms with Crippen molar-refractivity contribution in [1.29, 1.82) is 0 Å². The number of benzene rings is 1. The van der Waals surface area contributed by atoms with Crippen LogP contribution in [-0.4, -0.2) is 5.16 Å². The molecule has 0 amide bonds. The first-order valence-corrected chi connectivity index (χ1v) is 4.58. The van der Waals surface area contributed by atoms with E-state index >= 15 is 0 Å². The van der Waals surface area contributed by atoms with Crippen molar-refractivity contribution in [2.24, 2.45) is 5.73 Å². The van der Waals surface area contributed by atoms with Crippen LogP contribution in [0.2, 0.25) is 5.02 Å². The van der Waals surface area contributed by atoms with Crippen LogP contribution in [-0.2, 0) is 6.54 Å². The Labute approximate surface area is 86.5 Å². The summed E-state index contributed by atoms with van der Waals surface area (Å²) in [6, 6.07) is 7.40. The van der Waals surface area contributed by atoms with Gasteiger partial charge in [-0.05, 0) is 12.1 Å². The highest BCUT2D eigenvalue weighted by molar-refractivity contribution is 6.30. The molecule has 4 heteroatoms. The summed E-state index contributed by atoms with van der Waals surface area (Å²) in [5.41, 5.74) is 7.32. The largest absolute Gasteiger partial charge is 0.356 e. The molecule has 14 heavy (non-hydrogen) atoms. The standard InChI is InChI=1S/C10H9ClN2O/c11-9-3-1-2-7(4-9)10-8(5-12)6-13-14-10/h1-4,6H,5,12H2. The fraction of sp³-hybridized carbons (Fsp3) is 0.100. The Hall–Kier alpha value is -1.32. The van der Waals surface area contributed by atoms with E-state index in [-0.39, 0.29) is 0 Å². The van der Waals surface area contributed by atoms with Crippen LogP contribution < -0.4 is 5.73 Å². The lowest BCUT2D eigenvalue weighted by atomic mass is 10.1. The molecule has 2 N–H and O–H groups in total. The van der Waals surface area contributed by atoms with Gasteiger partial charge in [0.1, 0.15) is 0 Å². The Balaban J connectivity index is 2.49. The molecule has 0 saturated carbocycles. The van der Waals surface area contributed by atoms with Gasteiger partial charge in [0, 0.05) is 22.7 Å². The second kappa shape index (κ2) is 3.82. The van der Waals surface area contributed by atoms with E-state index in [1.165, 1.54) is 0 Å². The number of halogens is 1. The molecular formula is C10H9ClN2O. The van der Waals surface area contributed by atoms with Crippen molar-refractivity contribution in [1.82, 2.24) is 5.16 Å². The fourth-order valence-electron chi connectivity index (χ4n) is 1.27. The molecular weight excluding hydrogens is 200 g/mol. The van der Waals surface area contributed by atoms with Gasteiger partial charge >= 0.3 is 0 Å². The Morgan fingerprint density at radius 1 is 1.43 bits per heavy atom. The Bertz CT molecular complexity index is 439. The molecule has 72 valence electrons. The van der Waals surface area contributed by atoms with Crippen LogP contribution >= 0.6 is 11.6 Å². The molecule has 0 atom stereocenters. The number of nitrogens with two attached hydrogens (primary N) is 1. The van der Waals surface area contributed by atoms with E-state index < -0.39 is 0 Å². The van der Waals surface area contributed by atoms with Gasteiger partial charge in [-0.2, -0.15) is 0 Å². The number of rotatable bonds is 2. The molecule has 0 aliphatic heterocycles. The first-order chi connectivity index (χ1) is 6.81. The Kier molecular flexibility index (Phi) is 2.52. The zero-order valence-corrected chi connectivity index (χ0v) is 8.16. The van der Waals surface area contributed by atoms with Crippen molar-refractivity contribution in [2.75, 3.05) is 0 Å². The van der Waals surface area contributed by atoms with E-state index in [2.05, 4.69) is 5.16 Å². The van der Waals surface area contributed by atoms with Crippen molar-refractivity contribution >= 4 is 11.6 Å². The molecule has 0 unspecified atom stereocenters. The Morgan fingerprint density at radius 3 is 3.00 bits per heavy atom. The van der Waals surface area contributed by atoms with Crippen LogP contribution in [0.25, 0.3) is 11.3 Å². The van der Waals surface area contributed by atoms with Crippen molar-refractivity contribution in [3.63, 3.8) is 0 Å². The highest BCUT2D eigenvalue weighted by Gasteiger charge is 2.08. The monoisotopic (exact) mass is 208 g/mol. The van der Waals surface area contributed by atoms with Gasteiger partial charge in [0.05, 0.1) is 6.20 Å². The molecule has 2 aromatic rings. The second-order valence-corrected chi connectivity index (χ2v) is 3.33. The quantitative estimate of drug-likeness (QED) is 0.825. The number of hydrogen-bond donors (Lipinski definition) is 1. The van der Waals surface area contributed by atoms with Gasteiger partial charge < -0.3 is 10.3 Å². The molecule has 1 aromatic heterocycles. The summed E-state index contributed by atoms with van der Waals surface area (Å²) in [5.74, 6) is 0.690. The van der Waals surface area contributed by atoms with Gasteiger partial charge in [0.25, 0.3) is 0 Å². The van der Waals surface area contributed by atoms with Crippen molar-refractivity contribution in [2.45, 2.75) is 6.54 Å². The molecule has 0 aliphatic carbocycles. The lowest BCUT2D eigenvalue weighted by Gasteiger charge is -1.98. The highest BCUT2D eigenvalue weighted by Crippen LogP contribution is 2.25. The molecule has 0 radical (unpaired) electrons. The maximum atomic E-state index is 5.86. The lowest BCUT2D eigenvalue weighted by molar-refractivity contribution is 0.431. The minimum Gasteiger partial charge on any atom is -0.356 e. The summed E-state index contributed by atoms with van der Waals surface area (Å²) >= 11 is 5.86. The molecule has 0 saturated heterocycles. The number of hydrogen-bond acceptors (Lipinski definition) is 3. The van der Waals surface area contributed by atoms with Gasteiger partial charge in [-0.15, -0.1) is 0 Å². The van der Waals surface area contributed by atoms with E-state index in [0.717, 1.165) is 11.1 Å². The minimum atomic E-state index is 0.408. The predicted octanol–water partition coefficient (Wildman–Crippen LogP) is 2.45. The van der Waals surface area contributed by atoms with E-state index in [4.69, 9.17) is 21.9 Å². The van der Waals surface area contributed by atoms with E-state index in [0.29, 0.717) is 17.3 Å². The summed E-state index contributed by atoms with van der Waals surface area (Å²) < 4.78 is 5.11. The summed E-state index contributed by atoms with van der Waals surface area (Å²) in [6.07, 6.45) is 1.62. The van der Waals surface area contributed by atoms with Crippen LogP contribution in [0.4, 0.5) is 0 Å². The van der Waals surface area contributed by atoms with Crippen LogP contribution in [0.15, 0.2) is 35.0 Å². The third kappa shape index (κ3) is 1.64. The van der Waals surface area contributed by atoms with Crippen molar-refractivity contribution in [3.05, 3.63) is 41.0 Å². The SMILES string of the molecule is NCc1cnoc1-c1cccc(Cl)c1. The predicted molar refractivity (Wildman–Crippen MR) is 54.8 cm³/mol. The van der Waals surface area contributed by atoms with Crippen LogP contribution in [0.3, 0.4) is 0 Å². The van der Waals surface area contributed by atoms with E-state index in [1.54, 1.807) is 6.20 Å². The van der Waals surface area contributed by atoms with Crippen LogP contribution in [0, 0.1) is 0 Å². The van der Waals surface area contributed by atoms with Gasteiger partial charge in [-0.25, -0.2) is 0 Å². The van der Waals surface area contributed by atoms with Gasteiger partial charge in [0.15, 0.2) is 5.76 Å². The van der Waals surface area contributed by atoms with Gasteiger partial charge in [0.2, 0.25) is 0 Å². The third-order valence-corrected chi connectivity index (χ3v) is 2.19. The van der Waals surface area contributed by atoms with Crippen LogP contribution in [0.5, 0.6) is 0 Å². The maximum Gasteiger partial charge on any atom is 0.171 e. The topological polar surface area (TPSA) is 52.0 Å². The average Bonchev–Trinajstić information content (AvgIpc) is 2.65. The number of aromatic nitrogens is 1. The van der Waals surface area contributed by atoms with E-state index in [1.807, 2.05) is 24.3 Å². The van der Waals surface area contributed by atoms with E-state index in [9.17, 15) is 0 Å². The smallest absolute Gasteiger partial charge is 0.171 e. The molecule has 0 bridgehead atoms. The Morgan fingerprint density at radius 2 is 2.29 bits per heavy atom. The first kappa shape index (κ1) is 9.24. The molecule has 1 aromatic carbocycles. The van der Waals surface area contributed by atoms with Crippen molar-refractivity contribution < 1.29 is 4.52 Å². The van der Waals surface area contributed by atoms with Crippen LogP contribution in [0.1, 0.15) is 5.56 Å². The molecule has 2 rings (SSSR count). The first-order valence-electron chi connectivity index (χ1n) is 4.21. The average molecular weight is 209 g/mol. The summed E-state index contributed by atoms with van der Waals surface area (Å²) in [5, 5.41) is 4.37.